The van der Waals surface area contributed by atoms with Gasteiger partial charge in [-0.3, -0.25) is 0 Å². The van der Waals surface area contributed by atoms with Crippen LogP contribution in [0.1, 0.15) is 41.5 Å². The van der Waals surface area contributed by atoms with Crippen LogP contribution < -0.4 is 10.1 Å². The van der Waals surface area contributed by atoms with Crippen molar-refractivity contribution >= 4 is 27.3 Å². The highest BCUT2D eigenvalue weighted by atomic mass is 79.9. The number of hydrogen-bond acceptors (Lipinski definition) is 3. The SMILES string of the molecule is CCNC1CC(c2sccc2C)Oc2cc(Br)ccc21. The lowest BCUT2D eigenvalue weighted by molar-refractivity contribution is 0.154. The van der Waals surface area contributed by atoms with E-state index < -0.39 is 0 Å². The number of nitrogens with one attached hydrogen (secondary N) is 1. The second kappa shape index (κ2) is 5.88. The minimum absolute atomic E-state index is 0.154. The lowest BCUT2D eigenvalue weighted by Gasteiger charge is -2.32. The number of hydrogen-bond donors (Lipinski definition) is 1. The maximum absolute atomic E-state index is 6.25. The van der Waals surface area contributed by atoms with Crippen LogP contribution in [-0.2, 0) is 0 Å². The van der Waals surface area contributed by atoms with Crippen LogP contribution in [0.2, 0.25) is 0 Å². The molecule has 1 aromatic carbocycles. The summed E-state index contributed by atoms with van der Waals surface area (Å²) in [7, 11) is 0. The zero-order valence-electron chi connectivity index (χ0n) is 11.7. The highest BCUT2D eigenvalue weighted by molar-refractivity contribution is 9.10. The molecule has 2 atom stereocenters. The van der Waals surface area contributed by atoms with Crippen molar-refractivity contribution in [3.8, 4) is 5.75 Å². The Morgan fingerprint density at radius 3 is 2.95 bits per heavy atom. The van der Waals surface area contributed by atoms with Gasteiger partial charge in [0, 0.05) is 27.4 Å². The van der Waals surface area contributed by atoms with Gasteiger partial charge in [0.15, 0.2) is 0 Å². The first-order chi connectivity index (χ1) is 9.69. The number of fused-ring (bicyclic) bond motifs is 1. The fourth-order valence-corrected chi connectivity index (χ4v) is 4.06. The zero-order valence-corrected chi connectivity index (χ0v) is 14.1. The van der Waals surface area contributed by atoms with Gasteiger partial charge in [-0.15, -0.1) is 11.3 Å². The molecule has 4 heteroatoms. The monoisotopic (exact) mass is 351 g/mol. The summed E-state index contributed by atoms with van der Waals surface area (Å²) >= 11 is 5.33. The molecule has 1 aliphatic rings. The van der Waals surface area contributed by atoms with Gasteiger partial charge in [-0.2, -0.15) is 0 Å². The molecule has 3 rings (SSSR count). The van der Waals surface area contributed by atoms with Crippen LogP contribution >= 0.6 is 27.3 Å². The summed E-state index contributed by atoms with van der Waals surface area (Å²) in [4.78, 5) is 1.35. The molecule has 2 aromatic rings. The van der Waals surface area contributed by atoms with Crippen molar-refractivity contribution < 1.29 is 4.74 Å². The number of rotatable bonds is 3. The standard InChI is InChI=1S/C16H18BrNOS/c1-3-18-13-9-15(16-10(2)6-7-20-16)19-14-8-11(17)4-5-12(13)14/h4-8,13,15,18H,3,9H2,1-2H3. The van der Waals surface area contributed by atoms with Crippen LogP contribution in [0.5, 0.6) is 5.75 Å². The average molecular weight is 352 g/mol. The molecule has 20 heavy (non-hydrogen) atoms. The third-order valence-electron chi connectivity index (χ3n) is 3.71. The Kier molecular flexibility index (Phi) is 4.15. The van der Waals surface area contributed by atoms with E-state index in [1.807, 2.05) is 0 Å². The Bertz CT molecular complexity index is 610. The third-order valence-corrected chi connectivity index (χ3v) is 5.32. The summed E-state index contributed by atoms with van der Waals surface area (Å²) in [5, 5.41) is 5.73. The van der Waals surface area contributed by atoms with Gasteiger partial charge in [-0.05, 0) is 42.6 Å². The van der Waals surface area contributed by atoms with Crippen LogP contribution in [0.3, 0.4) is 0 Å². The molecule has 106 valence electrons. The molecule has 1 aromatic heterocycles. The molecular weight excluding hydrogens is 334 g/mol. The Labute approximate surface area is 132 Å². The van der Waals surface area contributed by atoms with E-state index in [-0.39, 0.29) is 6.10 Å². The second-order valence-corrected chi connectivity index (χ2v) is 6.97. The Balaban J connectivity index is 1.97. The predicted octanol–water partition coefficient (Wildman–Crippen LogP) is 4.99. The number of thiophene rings is 1. The number of ether oxygens (including phenoxy) is 1. The first-order valence-electron chi connectivity index (χ1n) is 6.92. The van der Waals surface area contributed by atoms with Crippen LogP contribution in [-0.4, -0.2) is 6.54 Å². The van der Waals surface area contributed by atoms with Gasteiger partial charge in [0.05, 0.1) is 0 Å². The minimum atomic E-state index is 0.154. The minimum Gasteiger partial charge on any atom is -0.484 e. The van der Waals surface area contributed by atoms with E-state index in [1.165, 1.54) is 16.0 Å². The first-order valence-corrected chi connectivity index (χ1v) is 8.59. The van der Waals surface area contributed by atoms with Crippen LogP contribution in [0.25, 0.3) is 0 Å². The molecule has 1 aliphatic heterocycles. The van der Waals surface area contributed by atoms with Crippen LogP contribution in [0, 0.1) is 6.92 Å². The van der Waals surface area contributed by atoms with Gasteiger partial charge in [-0.25, -0.2) is 0 Å². The second-order valence-electron chi connectivity index (χ2n) is 5.10. The zero-order chi connectivity index (χ0) is 14.1. The van der Waals surface area contributed by atoms with E-state index in [1.54, 1.807) is 11.3 Å². The summed E-state index contributed by atoms with van der Waals surface area (Å²) in [5.41, 5.74) is 2.59. The summed E-state index contributed by atoms with van der Waals surface area (Å²) in [6.07, 6.45) is 1.14. The van der Waals surface area contributed by atoms with Gasteiger partial charge in [-0.1, -0.05) is 28.9 Å². The van der Waals surface area contributed by atoms with Crippen molar-refractivity contribution in [2.75, 3.05) is 6.54 Å². The quantitative estimate of drug-likeness (QED) is 0.840. The normalized spacial score (nSPS) is 21.4. The van der Waals surface area contributed by atoms with Crippen molar-refractivity contribution in [3.63, 3.8) is 0 Å². The lowest BCUT2D eigenvalue weighted by atomic mass is 9.95. The fourth-order valence-electron chi connectivity index (χ4n) is 2.76. The highest BCUT2D eigenvalue weighted by Crippen LogP contribution is 2.43. The number of halogens is 1. The largest absolute Gasteiger partial charge is 0.484 e. The fraction of sp³-hybridized carbons (Fsp3) is 0.375. The topological polar surface area (TPSA) is 21.3 Å². The van der Waals surface area contributed by atoms with Crippen molar-refractivity contribution in [3.05, 3.63) is 50.1 Å². The molecule has 0 spiro atoms. The lowest BCUT2D eigenvalue weighted by Crippen LogP contribution is -2.28. The van der Waals surface area contributed by atoms with Gasteiger partial charge >= 0.3 is 0 Å². The van der Waals surface area contributed by atoms with Gasteiger partial charge < -0.3 is 10.1 Å². The highest BCUT2D eigenvalue weighted by Gasteiger charge is 2.30. The van der Waals surface area contributed by atoms with E-state index >= 15 is 0 Å². The van der Waals surface area contributed by atoms with Gasteiger partial charge in [0.25, 0.3) is 0 Å². The molecule has 0 radical (unpaired) electrons. The molecule has 0 saturated heterocycles. The molecule has 0 amide bonds. The van der Waals surface area contributed by atoms with Crippen molar-refractivity contribution in [1.29, 1.82) is 0 Å². The molecule has 0 aliphatic carbocycles. The van der Waals surface area contributed by atoms with E-state index in [0.717, 1.165) is 23.2 Å². The Morgan fingerprint density at radius 2 is 2.25 bits per heavy atom. The first kappa shape index (κ1) is 14.1. The summed E-state index contributed by atoms with van der Waals surface area (Å²) in [5.74, 6) is 0.995. The average Bonchev–Trinajstić information content (AvgIpc) is 2.84. The smallest absolute Gasteiger partial charge is 0.135 e. The van der Waals surface area contributed by atoms with E-state index in [0.29, 0.717) is 6.04 Å². The van der Waals surface area contributed by atoms with Gasteiger partial charge in [0.1, 0.15) is 11.9 Å². The summed E-state index contributed by atoms with van der Waals surface area (Å²) < 4.78 is 7.32. The Hall–Kier alpha value is -0.840. The van der Waals surface area contributed by atoms with Gasteiger partial charge in [0.2, 0.25) is 0 Å². The van der Waals surface area contributed by atoms with E-state index in [2.05, 4.69) is 64.7 Å². The van der Waals surface area contributed by atoms with Crippen molar-refractivity contribution in [1.82, 2.24) is 5.32 Å². The number of benzene rings is 1. The van der Waals surface area contributed by atoms with Crippen LogP contribution in [0.4, 0.5) is 0 Å². The molecule has 2 unspecified atom stereocenters. The van der Waals surface area contributed by atoms with Crippen molar-refractivity contribution in [2.24, 2.45) is 0 Å². The molecular formula is C16H18BrNOS. The Morgan fingerprint density at radius 1 is 1.40 bits per heavy atom. The van der Waals surface area contributed by atoms with Crippen LogP contribution in [0.15, 0.2) is 34.1 Å². The summed E-state index contributed by atoms with van der Waals surface area (Å²) in [6, 6.07) is 8.85. The van der Waals surface area contributed by atoms with E-state index in [4.69, 9.17) is 4.74 Å². The molecule has 1 N–H and O–H groups in total. The summed E-state index contributed by atoms with van der Waals surface area (Å²) in [6.45, 7) is 5.28. The van der Waals surface area contributed by atoms with E-state index in [9.17, 15) is 0 Å². The molecule has 0 saturated carbocycles. The molecule has 0 bridgehead atoms. The maximum atomic E-state index is 6.25. The predicted molar refractivity (Wildman–Crippen MR) is 87.6 cm³/mol. The molecule has 2 nitrogen and oxygen atoms in total. The molecule has 0 fully saturated rings. The number of aryl methyl sites for hydroxylation is 1. The van der Waals surface area contributed by atoms with Crippen molar-refractivity contribution in [2.45, 2.75) is 32.4 Å². The maximum Gasteiger partial charge on any atom is 0.135 e. The molecule has 2 heterocycles. The third kappa shape index (κ3) is 2.65.